The third-order valence-electron chi connectivity index (χ3n) is 15.3. The van der Waals surface area contributed by atoms with Gasteiger partial charge in [-0.05, 0) is 180 Å². The highest BCUT2D eigenvalue weighted by atomic mass is 32.1. The SMILES string of the molecule is C=O.C=O.CC.CC(=O)N1CCC(C(C)C)C1.CC(C)CCO.CC(C)Cc1ccco1.CC(C)Cc1ccn[nH]1.CC(C)Cc1ccnn1C.CC(C)Cc1ncco1.CC(C)Cc1nccs1.CC(C)c1ccc(CS)nc1.CC(C)c1cccnc1.CC(C)c1cccnc1.CCS.Cc1ccc(C(C)C)cn1. The minimum Gasteiger partial charge on any atom is -0.469 e. The number of aromatic amines is 1. The molecule has 1 amide bonds. The summed E-state index contributed by atoms with van der Waals surface area (Å²) in [7, 11) is 1.98. The Hall–Kier alpha value is -7.39. The summed E-state index contributed by atoms with van der Waals surface area (Å²) in [5.41, 5.74) is 9.87. The summed E-state index contributed by atoms with van der Waals surface area (Å²) < 4.78 is 12.1. The quantitative estimate of drug-likeness (QED) is 0.0587. The van der Waals surface area contributed by atoms with Crippen molar-refractivity contribution in [2.75, 3.05) is 25.4 Å². The molecule has 0 aliphatic carbocycles. The highest BCUT2D eigenvalue weighted by molar-refractivity contribution is 7.80. The van der Waals surface area contributed by atoms with Crippen molar-refractivity contribution in [3.05, 3.63) is 214 Å². The Labute approximate surface area is 690 Å². The number of aromatic nitrogens is 10. The molecular formula is C91H153N11O6S3. The number of furan rings is 1. The average Bonchev–Trinajstić information content (AvgIpc) is 1.82. The molecule has 9 aromatic heterocycles. The van der Waals surface area contributed by atoms with Gasteiger partial charge in [0.25, 0.3) is 0 Å². The summed E-state index contributed by atoms with van der Waals surface area (Å²) in [5.74, 6) is 11.8. The second-order valence-electron chi connectivity index (χ2n) is 30.1. The van der Waals surface area contributed by atoms with Crippen LogP contribution in [0, 0.1) is 54.3 Å². The third-order valence-corrected chi connectivity index (χ3v) is 16.5. The number of thiazole rings is 1. The molecule has 111 heavy (non-hydrogen) atoms. The first kappa shape index (κ1) is 112. The monoisotopic (exact) mass is 1590 g/mol. The van der Waals surface area contributed by atoms with E-state index in [9.17, 15) is 4.79 Å². The van der Waals surface area contributed by atoms with Gasteiger partial charge in [0.1, 0.15) is 25.6 Å². The lowest BCUT2D eigenvalue weighted by Crippen LogP contribution is -2.26. The fraction of sp³-hybridized carbons (Fsp3) is 0.571. The van der Waals surface area contributed by atoms with Crippen molar-refractivity contribution in [1.82, 2.24) is 54.8 Å². The van der Waals surface area contributed by atoms with Gasteiger partial charge in [0.05, 0.1) is 17.5 Å². The molecule has 17 nitrogen and oxygen atoms in total. The summed E-state index contributed by atoms with van der Waals surface area (Å²) in [6.07, 6.45) is 29.2. The van der Waals surface area contributed by atoms with E-state index in [4.69, 9.17) is 23.5 Å². The molecule has 2 N–H and O–H groups in total. The normalized spacial score (nSPS) is 11.3. The molecule has 1 aliphatic heterocycles. The van der Waals surface area contributed by atoms with Gasteiger partial charge in [-0.2, -0.15) is 35.5 Å². The highest BCUT2D eigenvalue weighted by Crippen LogP contribution is 2.23. The maximum absolute atomic E-state index is 10.9. The first-order valence-electron chi connectivity index (χ1n) is 39.8. The molecule has 1 aliphatic rings. The van der Waals surface area contributed by atoms with Gasteiger partial charge in [0, 0.05) is 143 Å². The highest BCUT2D eigenvalue weighted by Gasteiger charge is 2.26. The summed E-state index contributed by atoms with van der Waals surface area (Å²) in [6.45, 7) is 63.8. The zero-order chi connectivity index (χ0) is 85.7. The van der Waals surface area contributed by atoms with E-state index in [0.717, 1.165) is 110 Å². The van der Waals surface area contributed by atoms with Crippen molar-refractivity contribution in [1.29, 1.82) is 0 Å². The number of nitrogens with zero attached hydrogens (tertiary/aromatic N) is 10. The number of amides is 1. The fourth-order valence-corrected chi connectivity index (χ4v) is 10.1. The van der Waals surface area contributed by atoms with Gasteiger partial charge in [-0.25, -0.2) is 9.97 Å². The Kier molecular flexibility index (Phi) is 74.8. The number of carbonyl (C=O) groups is 3. The van der Waals surface area contributed by atoms with E-state index >= 15 is 0 Å². The minimum absolute atomic E-state index is 0.230. The fourth-order valence-electron chi connectivity index (χ4n) is 9.10. The van der Waals surface area contributed by atoms with Crippen molar-refractivity contribution < 1.29 is 28.3 Å². The number of aliphatic hydroxyl groups is 1. The number of aliphatic hydroxyl groups excluding tert-OH is 1. The number of pyridine rings is 4. The van der Waals surface area contributed by atoms with E-state index in [1.165, 1.54) is 45.1 Å². The smallest absolute Gasteiger partial charge is 0.219 e. The lowest BCUT2D eigenvalue weighted by molar-refractivity contribution is -0.128. The summed E-state index contributed by atoms with van der Waals surface area (Å²) in [6, 6.07) is 24.5. The largest absolute Gasteiger partial charge is 0.469 e. The van der Waals surface area contributed by atoms with E-state index in [-0.39, 0.29) is 5.91 Å². The van der Waals surface area contributed by atoms with Crippen LogP contribution in [0.5, 0.6) is 0 Å². The van der Waals surface area contributed by atoms with Crippen LogP contribution in [-0.2, 0) is 59.3 Å². The molecular weight excluding hydrogens is 1440 g/mol. The maximum Gasteiger partial charge on any atom is 0.219 e. The van der Waals surface area contributed by atoms with Gasteiger partial charge in [-0.1, -0.05) is 197 Å². The Morgan fingerprint density at radius 3 is 1.38 bits per heavy atom. The van der Waals surface area contributed by atoms with Crippen molar-refractivity contribution in [2.45, 2.75) is 261 Å². The maximum atomic E-state index is 10.9. The number of carbonyl (C=O) groups excluding carboxylic acids is 3. The van der Waals surface area contributed by atoms with Gasteiger partial charge in [-0.3, -0.25) is 34.5 Å². The van der Waals surface area contributed by atoms with Crippen molar-refractivity contribution in [3.8, 4) is 0 Å². The summed E-state index contributed by atoms with van der Waals surface area (Å²) >= 11 is 9.66. The van der Waals surface area contributed by atoms with E-state index in [1.54, 1.807) is 55.6 Å². The van der Waals surface area contributed by atoms with Crippen LogP contribution < -0.4 is 0 Å². The lowest BCUT2D eigenvalue weighted by atomic mass is 9.95. The number of hydrogen-bond acceptors (Lipinski definition) is 17. The van der Waals surface area contributed by atoms with Crippen LogP contribution in [0.15, 0.2) is 162 Å². The average molecular weight is 1590 g/mol. The zero-order valence-corrected chi connectivity index (χ0v) is 76.6. The van der Waals surface area contributed by atoms with Crippen LogP contribution in [-0.4, -0.2) is 105 Å². The molecule has 20 heteroatoms. The van der Waals surface area contributed by atoms with Crippen molar-refractivity contribution in [2.24, 2.45) is 54.4 Å². The Bertz CT molecular complexity index is 3120. The first-order chi connectivity index (χ1) is 52.7. The van der Waals surface area contributed by atoms with Gasteiger partial charge in [0.15, 0.2) is 5.89 Å². The molecule has 1 unspecified atom stereocenters. The number of nitrogens with one attached hydrogen (secondary N) is 1. The predicted molar refractivity (Wildman–Crippen MR) is 479 cm³/mol. The standard InChI is InChI=1S/C9H17NO.C9H13NS.C9H13N.C8H14N2.2C8H11N.C8H12O.C7H12N2.C7H11NO.C7H11NS.C5H12O.C2H6S.C2H6.2CH2O/c1-7(2)9-4-5-10(6-9)8(3)11;1-7(2)8-3-4-9(6-11)10-5-8;1-7(2)9-5-4-8(3)10-6-9;1-7(2)6-8-4-5-9-10(8)3;2*1-7(2)8-4-3-5-9-6-8;1-7(2)6-8-4-3-5-9-8;1-6(2)5-7-3-4-8-9-7;2*1-6(2)5-7-8-3-4-9-7;1-5(2)3-4-6;1-2-3;3*1-2/h7,9H,4-6H2,1-3H3;3-5,7,11H,6H2,1-2H3;4-7H,1-3H3;4-5,7H,6H2,1-3H3;2*3-7H,1-2H3;3-5,7H,6H2,1-2H3;3-4,6H,5H2,1-2H3,(H,8,9);2*3-4,6H,5H2,1-2H3;5-6H,3-4H2,1-2H3;3H,2H2,1H3;1-2H3;2*1H2. The van der Waals surface area contributed by atoms with E-state index in [0.29, 0.717) is 54.0 Å². The van der Waals surface area contributed by atoms with Gasteiger partial charge in [-0.15, -0.1) is 11.3 Å². The molecule has 0 aromatic carbocycles. The van der Waals surface area contributed by atoms with Gasteiger partial charge in [0.2, 0.25) is 5.91 Å². The second kappa shape index (κ2) is 74.1. The molecule has 10 rings (SSSR count). The van der Waals surface area contributed by atoms with Crippen LogP contribution in [0.25, 0.3) is 0 Å². The van der Waals surface area contributed by atoms with Crippen molar-refractivity contribution >= 4 is 56.1 Å². The number of rotatable bonds is 18. The van der Waals surface area contributed by atoms with E-state index < -0.39 is 0 Å². The lowest BCUT2D eigenvalue weighted by Gasteiger charge is -2.15. The minimum atomic E-state index is 0.230. The van der Waals surface area contributed by atoms with Crippen LogP contribution in [0.1, 0.15) is 278 Å². The van der Waals surface area contributed by atoms with E-state index in [2.05, 4.69) is 259 Å². The summed E-state index contributed by atoms with van der Waals surface area (Å²) in [5, 5.41) is 22.4. The molecule has 0 spiro atoms. The number of aryl methyl sites for hydroxylation is 2. The predicted octanol–water partition coefficient (Wildman–Crippen LogP) is 23.6. The second-order valence-corrected chi connectivity index (χ2v) is 32.0. The molecule has 0 bridgehead atoms. The van der Waals surface area contributed by atoms with Crippen LogP contribution in [0.2, 0.25) is 0 Å². The molecule has 10 heterocycles. The molecule has 9 aromatic rings. The number of likely N-dealkylation sites (tertiary alicyclic amines) is 1. The van der Waals surface area contributed by atoms with E-state index in [1.807, 2.05) is 137 Å². The van der Waals surface area contributed by atoms with Gasteiger partial charge >= 0.3 is 0 Å². The third kappa shape index (κ3) is 66.9. The molecule has 0 radical (unpaired) electrons. The number of oxazole rings is 1. The molecule has 1 saturated heterocycles. The number of thiol groups is 2. The number of hydrogen-bond donors (Lipinski definition) is 4. The van der Waals surface area contributed by atoms with Gasteiger partial charge < -0.3 is 28.4 Å². The Morgan fingerprint density at radius 2 is 1.08 bits per heavy atom. The number of H-pyrrole nitrogens is 1. The zero-order valence-electron chi connectivity index (χ0n) is 74.0. The Balaban J connectivity index is -0.000000368. The van der Waals surface area contributed by atoms with Crippen LogP contribution in [0.4, 0.5) is 0 Å². The van der Waals surface area contributed by atoms with Crippen LogP contribution >= 0.6 is 36.6 Å². The van der Waals surface area contributed by atoms with Crippen LogP contribution in [0.3, 0.4) is 0 Å². The molecule has 1 atom stereocenters. The topological polar surface area (TPSA) is 225 Å². The van der Waals surface area contributed by atoms with Crippen molar-refractivity contribution in [3.63, 3.8) is 0 Å². The molecule has 1 fully saturated rings. The molecule has 626 valence electrons. The first-order valence-corrected chi connectivity index (χ1v) is 41.9. The molecule has 0 saturated carbocycles. The Morgan fingerprint density at radius 1 is 0.568 bits per heavy atom. The summed E-state index contributed by atoms with van der Waals surface area (Å²) in [4.78, 5) is 53.5.